The molecule has 9 heteroatoms. The van der Waals surface area contributed by atoms with E-state index in [1.54, 1.807) is 30.5 Å². The lowest BCUT2D eigenvalue weighted by Crippen LogP contribution is -2.29. The van der Waals surface area contributed by atoms with Crippen LogP contribution < -0.4 is 14.8 Å². The monoisotopic (exact) mass is 536 g/mol. The normalized spacial score (nSPS) is 15.1. The Morgan fingerprint density at radius 3 is 2.47 bits per heavy atom. The van der Waals surface area contributed by atoms with Crippen LogP contribution >= 0.6 is 11.8 Å². The highest BCUT2D eigenvalue weighted by Gasteiger charge is 2.35. The molecule has 8 nitrogen and oxygen atoms in total. The number of anilines is 1. The minimum Gasteiger partial charge on any atom is -0.493 e. The Morgan fingerprint density at radius 2 is 1.84 bits per heavy atom. The Morgan fingerprint density at radius 1 is 1.11 bits per heavy atom. The van der Waals surface area contributed by atoms with Gasteiger partial charge in [0.2, 0.25) is 11.1 Å². The first-order chi connectivity index (χ1) is 18.2. The highest BCUT2D eigenvalue weighted by Crippen LogP contribution is 2.40. The molecule has 1 atom stereocenters. The lowest BCUT2D eigenvalue weighted by atomic mass is 9.87. The summed E-state index contributed by atoms with van der Waals surface area (Å²) < 4.78 is 19.0. The largest absolute Gasteiger partial charge is 0.493 e. The van der Waals surface area contributed by atoms with Gasteiger partial charge in [0.1, 0.15) is 12.6 Å². The third-order valence-electron chi connectivity index (χ3n) is 6.32. The quantitative estimate of drug-likeness (QED) is 0.258. The van der Waals surface area contributed by atoms with E-state index in [-0.39, 0.29) is 12.0 Å². The van der Waals surface area contributed by atoms with Crippen LogP contribution in [0.3, 0.4) is 0 Å². The highest BCUT2D eigenvalue weighted by atomic mass is 32.2. The summed E-state index contributed by atoms with van der Waals surface area (Å²) in [5.74, 6) is 2.20. The van der Waals surface area contributed by atoms with Crippen LogP contribution in [0.2, 0.25) is 0 Å². The van der Waals surface area contributed by atoms with E-state index in [1.165, 1.54) is 5.56 Å². The Labute approximate surface area is 228 Å². The Bertz CT molecular complexity index is 1330. The van der Waals surface area contributed by atoms with Crippen molar-refractivity contribution in [3.63, 3.8) is 0 Å². The van der Waals surface area contributed by atoms with Gasteiger partial charge in [-0.05, 0) is 53.8 Å². The summed E-state index contributed by atoms with van der Waals surface area (Å²) in [7, 11) is 1.61. The van der Waals surface area contributed by atoms with E-state index in [9.17, 15) is 4.79 Å². The smallest absolute Gasteiger partial charge is 0.338 e. The van der Waals surface area contributed by atoms with Crippen LogP contribution in [-0.4, -0.2) is 40.2 Å². The molecule has 0 saturated carbocycles. The first kappa shape index (κ1) is 27.6. The third kappa shape index (κ3) is 5.83. The summed E-state index contributed by atoms with van der Waals surface area (Å²) in [5.41, 5.74) is 4.42. The SMILES string of the molecule is CCOC(=O)C1=C(C)Nc2nc(SCC)nn2C1c1ccc(OCc2ccc(C(C)(C)C)cc2)c(OC)c1. The van der Waals surface area contributed by atoms with E-state index < -0.39 is 12.0 Å². The number of esters is 1. The standard InChI is InChI=1S/C29H36N4O4S/c1-8-36-26(34)24-18(3)30-27-31-28(38-9-2)32-33(27)25(24)20-12-15-22(23(16-20)35-7)37-17-19-10-13-21(14-11-19)29(4,5)6/h10-16,25H,8-9,17H2,1-7H3,(H,30,31,32). The van der Waals surface area contributed by atoms with Gasteiger partial charge < -0.3 is 19.5 Å². The molecule has 1 unspecified atom stereocenters. The minimum atomic E-state index is -0.531. The molecule has 3 aromatic rings. The number of carbonyl (C=O) groups excluding carboxylic acids is 1. The molecule has 0 amide bonds. The molecular weight excluding hydrogens is 500 g/mol. The average Bonchev–Trinajstić information content (AvgIpc) is 3.28. The summed E-state index contributed by atoms with van der Waals surface area (Å²) in [6.07, 6.45) is 0. The number of methoxy groups -OCH3 is 1. The Balaban J connectivity index is 1.65. The number of carbonyl (C=O) groups is 1. The zero-order valence-corrected chi connectivity index (χ0v) is 23.9. The maximum absolute atomic E-state index is 13.1. The zero-order valence-electron chi connectivity index (χ0n) is 23.1. The fourth-order valence-electron chi connectivity index (χ4n) is 4.34. The van der Waals surface area contributed by atoms with Crippen molar-refractivity contribution in [3.05, 3.63) is 70.4 Å². The van der Waals surface area contributed by atoms with Gasteiger partial charge in [0, 0.05) is 5.70 Å². The van der Waals surface area contributed by atoms with Crippen molar-refractivity contribution in [1.29, 1.82) is 0 Å². The van der Waals surface area contributed by atoms with Gasteiger partial charge in [0.15, 0.2) is 11.5 Å². The maximum Gasteiger partial charge on any atom is 0.338 e. The molecule has 1 aromatic heterocycles. The number of hydrogen-bond donors (Lipinski definition) is 1. The molecule has 0 fully saturated rings. The number of nitrogens with one attached hydrogen (secondary N) is 1. The fraction of sp³-hybridized carbons (Fsp3) is 0.414. The number of hydrogen-bond acceptors (Lipinski definition) is 8. The van der Waals surface area contributed by atoms with E-state index in [0.29, 0.717) is 40.5 Å². The van der Waals surface area contributed by atoms with Gasteiger partial charge in [0.05, 0.1) is 19.3 Å². The highest BCUT2D eigenvalue weighted by molar-refractivity contribution is 7.99. The minimum absolute atomic E-state index is 0.0994. The van der Waals surface area contributed by atoms with Gasteiger partial charge in [-0.2, -0.15) is 4.98 Å². The number of thioether (sulfide) groups is 1. The lowest BCUT2D eigenvalue weighted by Gasteiger charge is -2.28. The molecule has 4 rings (SSSR count). The molecule has 38 heavy (non-hydrogen) atoms. The van der Waals surface area contributed by atoms with Gasteiger partial charge in [-0.3, -0.25) is 0 Å². The van der Waals surface area contributed by atoms with Crippen molar-refractivity contribution >= 4 is 23.7 Å². The van der Waals surface area contributed by atoms with Crippen molar-refractivity contribution in [2.75, 3.05) is 24.8 Å². The van der Waals surface area contributed by atoms with Crippen molar-refractivity contribution in [2.24, 2.45) is 0 Å². The molecule has 202 valence electrons. The van der Waals surface area contributed by atoms with Gasteiger partial charge in [-0.25, -0.2) is 9.48 Å². The fourth-order valence-corrected chi connectivity index (χ4v) is 4.89. The number of ether oxygens (including phenoxy) is 3. The van der Waals surface area contributed by atoms with E-state index in [1.807, 2.05) is 32.0 Å². The van der Waals surface area contributed by atoms with Gasteiger partial charge >= 0.3 is 5.97 Å². The second-order valence-electron chi connectivity index (χ2n) is 10.0. The van der Waals surface area contributed by atoms with Crippen LogP contribution in [0.15, 0.2) is 58.9 Å². The molecule has 2 aromatic carbocycles. The average molecular weight is 537 g/mol. The van der Waals surface area contributed by atoms with Crippen LogP contribution in [0.5, 0.6) is 11.5 Å². The molecule has 2 heterocycles. The molecule has 0 spiro atoms. The van der Waals surface area contributed by atoms with Gasteiger partial charge in [-0.15, -0.1) is 5.10 Å². The summed E-state index contributed by atoms with van der Waals surface area (Å²) in [6.45, 7) is 13.0. The summed E-state index contributed by atoms with van der Waals surface area (Å²) >= 11 is 1.54. The lowest BCUT2D eigenvalue weighted by molar-refractivity contribution is -0.139. The summed E-state index contributed by atoms with van der Waals surface area (Å²) in [5, 5.41) is 8.55. The molecule has 1 aliphatic rings. The molecule has 0 radical (unpaired) electrons. The van der Waals surface area contributed by atoms with E-state index >= 15 is 0 Å². The number of aromatic nitrogens is 3. The molecule has 0 saturated heterocycles. The van der Waals surface area contributed by atoms with Crippen LogP contribution in [0.25, 0.3) is 0 Å². The van der Waals surface area contributed by atoms with E-state index in [4.69, 9.17) is 19.3 Å². The molecular formula is C29H36N4O4S. The number of fused-ring (bicyclic) bond motifs is 1. The summed E-state index contributed by atoms with van der Waals surface area (Å²) in [4.78, 5) is 17.7. The van der Waals surface area contributed by atoms with Gasteiger partial charge in [0.25, 0.3) is 0 Å². The van der Waals surface area contributed by atoms with E-state index in [2.05, 4.69) is 55.3 Å². The number of nitrogens with zero attached hydrogens (tertiary/aromatic N) is 3. The van der Waals surface area contributed by atoms with E-state index in [0.717, 1.165) is 16.9 Å². The van der Waals surface area contributed by atoms with Crippen LogP contribution in [0.1, 0.15) is 64.3 Å². The first-order valence-electron chi connectivity index (χ1n) is 12.8. The second kappa shape index (κ2) is 11.5. The number of allylic oxidation sites excluding steroid dienone is 1. The van der Waals surface area contributed by atoms with Crippen molar-refractivity contribution < 1.29 is 19.0 Å². The summed E-state index contributed by atoms with van der Waals surface area (Å²) in [6, 6.07) is 13.6. The predicted octanol–water partition coefficient (Wildman–Crippen LogP) is 6.13. The first-order valence-corrected chi connectivity index (χ1v) is 13.8. The molecule has 0 aliphatic carbocycles. The van der Waals surface area contributed by atoms with Crippen LogP contribution in [-0.2, 0) is 21.6 Å². The van der Waals surface area contributed by atoms with Crippen molar-refractivity contribution in [1.82, 2.24) is 14.8 Å². The van der Waals surface area contributed by atoms with Crippen molar-refractivity contribution in [2.45, 2.75) is 64.8 Å². The third-order valence-corrected chi connectivity index (χ3v) is 7.04. The van der Waals surface area contributed by atoms with Crippen LogP contribution in [0, 0.1) is 0 Å². The molecule has 1 aliphatic heterocycles. The topological polar surface area (TPSA) is 87.5 Å². The Kier molecular flexibility index (Phi) is 8.35. The Hall–Kier alpha value is -3.46. The zero-order chi connectivity index (χ0) is 27.4. The second-order valence-corrected chi connectivity index (χ2v) is 11.3. The maximum atomic E-state index is 13.1. The van der Waals surface area contributed by atoms with Crippen LogP contribution in [0.4, 0.5) is 5.95 Å². The van der Waals surface area contributed by atoms with Crippen molar-refractivity contribution in [3.8, 4) is 11.5 Å². The molecule has 0 bridgehead atoms. The number of rotatable bonds is 9. The predicted molar refractivity (Wildman–Crippen MR) is 150 cm³/mol. The molecule has 1 N–H and O–H groups in total. The van der Waals surface area contributed by atoms with Gasteiger partial charge in [-0.1, -0.05) is 69.8 Å². The number of benzene rings is 2.